The van der Waals surface area contributed by atoms with E-state index in [0.29, 0.717) is 0 Å². The van der Waals surface area contributed by atoms with Crippen molar-refractivity contribution in [3.8, 4) is 0 Å². The Bertz CT molecular complexity index is 155. The molecule has 0 rings (SSSR count). The lowest BCUT2D eigenvalue weighted by Crippen LogP contribution is -2.30. The van der Waals surface area contributed by atoms with Gasteiger partial charge in [0.2, 0.25) is 0 Å². The van der Waals surface area contributed by atoms with Gasteiger partial charge in [-0.05, 0) is 0 Å². The van der Waals surface area contributed by atoms with Crippen LogP contribution in [0.4, 0.5) is 18.0 Å². The molecule has 12 heavy (non-hydrogen) atoms. The van der Waals surface area contributed by atoms with Crippen LogP contribution in [0.15, 0.2) is 0 Å². The summed E-state index contributed by atoms with van der Waals surface area (Å²) in [6, 6.07) is -0.833. The van der Waals surface area contributed by atoms with Gasteiger partial charge in [0, 0.05) is 0 Å². The summed E-state index contributed by atoms with van der Waals surface area (Å²) in [6.07, 6.45) is -4.86. The van der Waals surface area contributed by atoms with Crippen LogP contribution in [-0.2, 0) is 4.79 Å². The molecular formula is C3H7ClF3N3O2. The minimum absolute atomic E-state index is 0. The second-order valence-electron chi connectivity index (χ2n) is 1.26. The third-order valence-electron chi connectivity index (χ3n) is 0.279. The number of urea groups is 1. The van der Waals surface area contributed by atoms with Crippen molar-refractivity contribution < 1.29 is 22.8 Å². The highest BCUT2D eigenvalue weighted by molar-refractivity contribution is 5.85. The number of amides is 3. The predicted molar refractivity (Wildman–Crippen MR) is 36.3 cm³/mol. The first-order chi connectivity index (χ1) is 4.68. The molecule has 0 radical (unpaired) electrons. The molecule has 0 aromatic heterocycles. The highest BCUT2D eigenvalue weighted by Gasteiger charge is 2.35. The molecule has 9 heteroatoms. The highest BCUT2D eigenvalue weighted by atomic mass is 35.5. The van der Waals surface area contributed by atoms with E-state index in [2.05, 4.69) is 17.2 Å². The summed E-state index contributed by atoms with van der Waals surface area (Å²) >= 11 is 0. The van der Waals surface area contributed by atoms with Crippen LogP contribution in [0.5, 0.6) is 0 Å². The molecular weight excluding hydrogens is 202 g/mol. The lowest BCUT2D eigenvalue weighted by Gasteiger charge is -1.95. The standard InChI is InChI=1S/C2H2F3NO.CH4N2O.ClH/c3-2(4,5)1(6)7;2-1(3)4;/h(H2,6,7);(H4,2,3,4);1H. The topological polar surface area (TPSA) is 112 Å². The number of primary amides is 3. The van der Waals surface area contributed by atoms with Crippen LogP contribution in [0.1, 0.15) is 0 Å². The summed E-state index contributed by atoms with van der Waals surface area (Å²) in [5, 5.41) is 0. The van der Waals surface area contributed by atoms with Crippen molar-refractivity contribution in [2.75, 3.05) is 0 Å². The summed E-state index contributed by atoms with van der Waals surface area (Å²) in [5.41, 5.74) is 12.3. The molecule has 0 bridgehead atoms. The second-order valence-corrected chi connectivity index (χ2v) is 1.26. The van der Waals surface area contributed by atoms with Crippen LogP contribution < -0.4 is 17.2 Å². The molecule has 0 spiro atoms. The fraction of sp³-hybridized carbons (Fsp3) is 0.333. The maximum Gasteiger partial charge on any atom is 0.470 e. The van der Waals surface area contributed by atoms with Crippen molar-refractivity contribution in [1.29, 1.82) is 0 Å². The number of hydrogen-bond acceptors (Lipinski definition) is 2. The van der Waals surface area contributed by atoms with Crippen molar-refractivity contribution in [3.63, 3.8) is 0 Å². The van der Waals surface area contributed by atoms with Gasteiger partial charge in [0.1, 0.15) is 0 Å². The van der Waals surface area contributed by atoms with Crippen LogP contribution in [0.2, 0.25) is 0 Å². The van der Waals surface area contributed by atoms with Gasteiger partial charge >= 0.3 is 18.1 Å². The van der Waals surface area contributed by atoms with Gasteiger partial charge in [0.15, 0.2) is 0 Å². The largest absolute Gasteiger partial charge is 0.470 e. The number of carbonyl (C=O) groups is 2. The van der Waals surface area contributed by atoms with Gasteiger partial charge < -0.3 is 17.2 Å². The first-order valence-electron chi connectivity index (χ1n) is 2.09. The van der Waals surface area contributed by atoms with Gasteiger partial charge in [-0.2, -0.15) is 13.2 Å². The van der Waals surface area contributed by atoms with E-state index in [1.54, 1.807) is 0 Å². The minimum atomic E-state index is -4.86. The minimum Gasteiger partial charge on any atom is -0.362 e. The highest BCUT2D eigenvalue weighted by Crippen LogP contribution is 2.11. The van der Waals surface area contributed by atoms with E-state index in [-0.39, 0.29) is 12.4 Å². The summed E-state index contributed by atoms with van der Waals surface area (Å²) in [5.74, 6) is -2.26. The molecule has 0 aromatic carbocycles. The normalized spacial score (nSPS) is 8.58. The Labute approximate surface area is 71.5 Å². The molecule has 5 nitrogen and oxygen atoms in total. The summed E-state index contributed by atoms with van der Waals surface area (Å²) in [4.78, 5) is 18.1. The van der Waals surface area contributed by atoms with Crippen molar-refractivity contribution >= 4 is 24.3 Å². The maximum absolute atomic E-state index is 10.7. The quantitative estimate of drug-likeness (QED) is 0.499. The van der Waals surface area contributed by atoms with Gasteiger partial charge in [0.25, 0.3) is 0 Å². The van der Waals surface area contributed by atoms with Gasteiger partial charge in [-0.1, -0.05) is 0 Å². The number of carbonyl (C=O) groups excluding carboxylic acids is 2. The van der Waals surface area contributed by atoms with Gasteiger partial charge in [-0.3, -0.25) is 4.79 Å². The zero-order chi connectivity index (χ0) is 9.65. The van der Waals surface area contributed by atoms with Crippen LogP contribution in [0, 0.1) is 0 Å². The molecule has 0 aromatic rings. The van der Waals surface area contributed by atoms with E-state index in [1.165, 1.54) is 0 Å². The summed E-state index contributed by atoms with van der Waals surface area (Å²) in [7, 11) is 0. The lowest BCUT2D eigenvalue weighted by molar-refractivity contribution is -0.169. The van der Waals surface area contributed by atoms with Crippen molar-refractivity contribution in [3.05, 3.63) is 0 Å². The Kier molecular flexibility index (Phi) is 9.28. The summed E-state index contributed by atoms with van der Waals surface area (Å²) < 4.78 is 32.1. The Morgan fingerprint density at radius 3 is 1.08 bits per heavy atom. The number of hydrogen-bond donors (Lipinski definition) is 3. The Morgan fingerprint density at radius 2 is 1.08 bits per heavy atom. The SMILES string of the molecule is Cl.NC(=O)C(F)(F)F.NC(N)=O. The van der Waals surface area contributed by atoms with E-state index in [0.717, 1.165) is 0 Å². The van der Waals surface area contributed by atoms with E-state index in [4.69, 9.17) is 9.59 Å². The fourth-order valence-corrected chi connectivity index (χ4v) is 0. The molecule has 3 amide bonds. The molecule has 0 saturated carbocycles. The zero-order valence-corrected chi connectivity index (χ0v) is 6.41. The average molecular weight is 210 g/mol. The molecule has 0 aliphatic carbocycles. The Balaban J connectivity index is -0.000000142. The fourth-order valence-electron chi connectivity index (χ4n) is 0. The monoisotopic (exact) mass is 209 g/mol. The zero-order valence-electron chi connectivity index (χ0n) is 5.59. The molecule has 0 atom stereocenters. The van der Waals surface area contributed by atoms with Gasteiger partial charge in [-0.15, -0.1) is 12.4 Å². The van der Waals surface area contributed by atoms with Crippen LogP contribution in [0.3, 0.4) is 0 Å². The number of nitrogens with two attached hydrogens (primary N) is 3. The molecule has 0 heterocycles. The molecule has 0 fully saturated rings. The smallest absolute Gasteiger partial charge is 0.362 e. The Morgan fingerprint density at radius 1 is 1.00 bits per heavy atom. The van der Waals surface area contributed by atoms with Gasteiger partial charge in [0.05, 0.1) is 0 Å². The molecule has 0 saturated heterocycles. The third kappa shape index (κ3) is 23.2. The van der Waals surface area contributed by atoms with Crippen molar-refractivity contribution in [2.24, 2.45) is 17.2 Å². The predicted octanol–water partition coefficient (Wildman–Crippen LogP) is -0.520. The molecule has 0 aliphatic rings. The molecule has 0 aliphatic heterocycles. The van der Waals surface area contributed by atoms with E-state index in [9.17, 15) is 13.2 Å². The van der Waals surface area contributed by atoms with Gasteiger partial charge in [-0.25, -0.2) is 4.79 Å². The average Bonchev–Trinajstić information content (AvgIpc) is 1.59. The molecule has 0 unspecified atom stereocenters. The number of alkyl halides is 3. The Hall–Kier alpha value is -1.18. The maximum atomic E-state index is 10.7. The van der Waals surface area contributed by atoms with Crippen LogP contribution in [0.25, 0.3) is 0 Å². The number of rotatable bonds is 0. The lowest BCUT2D eigenvalue weighted by atomic mass is 10.6. The van der Waals surface area contributed by atoms with E-state index in [1.807, 2.05) is 0 Å². The third-order valence-corrected chi connectivity index (χ3v) is 0.279. The first kappa shape index (κ1) is 17.1. The van der Waals surface area contributed by atoms with E-state index < -0.39 is 18.1 Å². The first-order valence-corrected chi connectivity index (χ1v) is 2.09. The molecule has 6 N–H and O–H groups in total. The van der Waals surface area contributed by atoms with E-state index >= 15 is 0 Å². The molecule has 74 valence electrons. The van der Waals surface area contributed by atoms with Crippen molar-refractivity contribution in [2.45, 2.75) is 6.18 Å². The second kappa shape index (κ2) is 6.53. The van der Waals surface area contributed by atoms with Crippen molar-refractivity contribution in [1.82, 2.24) is 0 Å². The number of halogens is 4. The van der Waals surface area contributed by atoms with Crippen LogP contribution in [-0.4, -0.2) is 18.1 Å². The summed E-state index contributed by atoms with van der Waals surface area (Å²) in [6.45, 7) is 0. The van der Waals surface area contributed by atoms with Crippen LogP contribution >= 0.6 is 12.4 Å².